The summed E-state index contributed by atoms with van der Waals surface area (Å²) in [5, 5.41) is 2.98. The first-order valence-corrected chi connectivity index (χ1v) is 7.61. The number of amides is 2. The number of methoxy groups -OCH3 is 1. The lowest BCUT2D eigenvalue weighted by atomic mass is 9.78. The largest absolute Gasteiger partial charge is 0.383 e. The molecule has 2 aliphatic rings. The Kier molecular flexibility index (Phi) is 4.68. The number of rotatable bonds is 4. The highest BCUT2D eigenvalue weighted by atomic mass is 16.5. The van der Waals surface area contributed by atoms with Crippen molar-refractivity contribution in [1.29, 1.82) is 0 Å². The molecule has 0 radical (unpaired) electrons. The maximum Gasteiger partial charge on any atom is 0.249 e. The number of ether oxygens (including phenoxy) is 1. The van der Waals surface area contributed by atoms with Crippen LogP contribution in [0.2, 0.25) is 0 Å². The van der Waals surface area contributed by atoms with Crippen LogP contribution in [0.15, 0.2) is 0 Å². The van der Waals surface area contributed by atoms with Crippen LogP contribution in [0.5, 0.6) is 0 Å². The number of nitrogens with zero attached hydrogens (tertiary/aromatic N) is 1. The van der Waals surface area contributed by atoms with Gasteiger partial charge in [0.15, 0.2) is 0 Å². The van der Waals surface area contributed by atoms with Crippen LogP contribution in [-0.2, 0) is 14.3 Å². The molecule has 2 fully saturated rings. The van der Waals surface area contributed by atoms with Gasteiger partial charge in [-0.1, -0.05) is 33.1 Å². The molecule has 5 nitrogen and oxygen atoms in total. The highest BCUT2D eigenvalue weighted by molar-refractivity contribution is 5.98. The molecule has 1 heterocycles. The molecule has 5 heteroatoms. The standard InChI is InChI=1S/C15H26N2O3/c1-11(2)12(10-20-3)17-9-13(18)16-15(14(17)19)7-5-4-6-8-15/h11-12H,4-10H2,1-3H3,(H,16,18). The third-order valence-electron chi connectivity index (χ3n) is 4.58. The number of piperazine rings is 1. The van der Waals surface area contributed by atoms with Gasteiger partial charge in [-0.3, -0.25) is 9.59 Å². The summed E-state index contributed by atoms with van der Waals surface area (Å²) < 4.78 is 5.25. The van der Waals surface area contributed by atoms with E-state index in [9.17, 15) is 9.59 Å². The second kappa shape index (κ2) is 6.12. The molecule has 0 aromatic carbocycles. The molecule has 0 bridgehead atoms. The van der Waals surface area contributed by atoms with Crippen molar-refractivity contribution in [2.45, 2.75) is 57.5 Å². The lowest BCUT2D eigenvalue weighted by Gasteiger charge is -2.47. The van der Waals surface area contributed by atoms with Gasteiger partial charge in [0.2, 0.25) is 11.8 Å². The van der Waals surface area contributed by atoms with Gasteiger partial charge in [-0.2, -0.15) is 0 Å². The van der Waals surface area contributed by atoms with Crippen molar-refractivity contribution in [3.63, 3.8) is 0 Å². The molecule has 0 aromatic heterocycles. The van der Waals surface area contributed by atoms with Crippen molar-refractivity contribution in [2.24, 2.45) is 5.92 Å². The Labute approximate surface area is 121 Å². The van der Waals surface area contributed by atoms with Crippen LogP contribution in [0.3, 0.4) is 0 Å². The second-order valence-electron chi connectivity index (χ2n) is 6.39. The molecule has 1 saturated carbocycles. The second-order valence-corrected chi connectivity index (χ2v) is 6.39. The SMILES string of the molecule is COCC(C(C)C)N1CC(=O)NC2(CCCCC2)C1=O. The summed E-state index contributed by atoms with van der Waals surface area (Å²) in [5.74, 6) is 0.325. The topological polar surface area (TPSA) is 58.6 Å². The minimum Gasteiger partial charge on any atom is -0.383 e. The van der Waals surface area contributed by atoms with Crippen molar-refractivity contribution in [3.05, 3.63) is 0 Å². The molecule has 2 amide bonds. The molecule has 1 spiro atoms. The first-order chi connectivity index (χ1) is 9.50. The van der Waals surface area contributed by atoms with E-state index in [0.29, 0.717) is 6.61 Å². The van der Waals surface area contributed by atoms with Crippen molar-refractivity contribution in [1.82, 2.24) is 10.2 Å². The molecular formula is C15H26N2O3. The predicted octanol–water partition coefficient (Wildman–Crippen LogP) is 1.32. The Morgan fingerprint density at radius 1 is 1.25 bits per heavy atom. The van der Waals surface area contributed by atoms with Gasteiger partial charge in [0.25, 0.3) is 0 Å². The Morgan fingerprint density at radius 3 is 2.45 bits per heavy atom. The van der Waals surface area contributed by atoms with Gasteiger partial charge < -0.3 is 15.0 Å². The summed E-state index contributed by atoms with van der Waals surface area (Å²) in [5.41, 5.74) is -0.644. The maximum atomic E-state index is 12.9. The fourth-order valence-corrected chi connectivity index (χ4v) is 3.44. The molecule has 1 aliphatic heterocycles. The number of hydrogen-bond donors (Lipinski definition) is 1. The van der Waals surface area contributed by atoms with Gasteiger partial charge >= 0.3 is 0 Å². The summed E-state index contributed by atoms with van der Waals surface area (Å²) in [7, 11) is 1.64. The fraction of sp³-hybridized carbons (Fsp3) is 0.867. The molecule has 1 unspecified atom stereocenters. The minimum atomic E-state index is -0.644. The lowest BCUT2D eigenvalue weighted by Crippen LogP contribution is -2.69. The first-order valence-electron chi connectivity index (χ1n) is 7.61. The molecule has 20 heavy (non-hydrogen) atoms. The summed E-state index contributed by atoms with van der Waals surface area (Å²) in [6, 6.07) is -0.0302. The average molecular weight is 282 g/mol. The van der Waals surface area contributed by atoms with Crippen molar-refractivity contribution < 1.29 is 14.3 Å². The highest BCUT2D eigenvalue weighted by Crippen LogP contribution is 2.33. The van der Waals surface area contributed by atoms with Gasteiger partial charge in [0, 0.05) is 7.11 Å². The highest BCUT2D eigenvalue weighted by Gasteiger charge is 2.48. The Bertz CT molecular complexity index is 375. The van der Waals surface area contributed by atoms with E-state index in [1.54, 1.807) is 12.0 Å². The van der Waals surface area contributed by atoms with Crippen LogP contribution < -0.4 is 5.32 Å². The Hall–Kier alpha value is -1.10. The van der Waals surface area contributed by atoms with Gasteiger partial charge in [0.05, 0.1) is 12.6 Å². The smallest absolute Gasteiger partial charge is 0.249 e. The maximum absolute atomic E-state index is 12.9. The number of nitrogens with one attached hydrogen (secondary N) is 1. The third-order valence-corrected chi connectivity index (χ3v) is 4.58. The zero-order chi connectivity index (χ0) is 14.8. The van der Waals surface area contributed by atoms with Crippen LogP contribution >= 0.6 is 0 Å². The van der Waals surface area contributed by atoms with Crippen LogP contribution in [0.25, 0.3) is 0 Å². The molecule has 1 atom stereocenters. The summed E-state index contributed by atoms with van der Waals surface area (Å²) in [6.45, 7) is 4.77. The van der Waals surface area contributed by atoms with E-state index in [0.717, 1.165) is 32.1 Å². The monoisotopic (exact) mass is 282 g/mol. The van der Waals surface area contributed by atoms with E-state index < -0.39 is 5.54 Å². The zero-order valence-corrected chi connectivity index (χ0v) is 12.8. The summed E-state index contributed by atoms with van der Waals surface area (Å²) >= 11 is 0. The molecule has 0 aromatic rings. The normalized spacial score (nSPS) is 24.1. The zero-order valence-electron chi connectivity index (χ0n) is 12.8. The number of carbonyl (C=O) groups excluding carboxylic acids is 2. The van der Waals surface area contributed by atoms with E-state index in [1.165, 1.54) is 0 Å². The van der Waals surface area contributed by atoms with E-state index in [-0.39, 0.29) is 30.3 Å². The van der Waals surface area contributed by atoms with E-state index in [1.807, 2.05) is 0 Å². The number of hydrogen-bond acceptors (Lipinski definition) is 3. The average Bonchev–Trinajstić information content (AvgIpc) is 2.41. The van der Waals surface area contributed by atoms with Gasteiger partial charge in [0.1, 0.15) is 12.1 Å². The van der Waals surface area contributed by atoms with Gasteiger partial charge in [-0.15, -0.1) is 0 Å². The fourth-order valence-electron chi connectivity index (χ4n) is 3.44. The molecule has 114 valence electrons. The van der Waals surface area contributed by atoms with E-state index >= 15 is 0 Å². The molecule has 1 N–H and O–H groups in total. The Balaban J connectivity index is 2.23. The van der Waals surface area contributed by atoms with Crippen LogP contribution in [0.4, 0.5) is 0 Å². The molecule has 2 rings (SSSR count). The molecular weight excluding hydrogens is 256 g/mol. The van der Waals surface area contributed by atoms with Crippen molar-refractivity contribution in [2.75, 3.05) is 20.3 Å². The van der Waals surface area contributed by atoms with Crippen LogP contribution in [0.1, 0.15) is 46.0 Å². The molecule has 1 saturated heterocycles. The first kappa shape index (κ1) is 15.3. The third kappa shape index (κ3) is 2.82. The van der Waals surface area contributed by atoms with Crippen LogP contribution in [-0.4, -0.2) is 48.6 Å². The summed E-state index contributed by atoms with van der Waals surface area (Å²) in [4.78, 5) is 26.8. The van der Waals surface area contributed by atoms with E-state index in [4.69, 9.17) is 4.74 Å². The Morgan fingerprint density at radius 2 is 1.90 bits per heavy atom. The number of carbonyl (C=O) groups is 2. The lowest BCUT2D eigenvalue weighted by molar-refractivity contribution is -0.156. The molecule has 1 aliphatic carbocycles. The van der Waals surface area contributed by atoms with Gasteiger partial charge in [-0.25, -0.2) is 0 Å². The quantitative estimate of drug-likeness (QED) is 0.846. The van der Waals surface area contributed by atoms with E-state index in [2.05, 4.69) is 19.2 Å². The van der Waals surface area contributed by atoms with Crippen LogP contribution in [0, 0.1) is 5.92 Å². The van der Waals surface area contributed by atoms with Crippen molar-refractivity contribution >= 4 is 11.8 Å². The minimum absolute atomic E-state index is 0.0302. The van der Waals surface area contributed by atoms with Crippen molar-refractivity contribution in [3.8, 4) is 0 Å². The van der Waals surface area contributed by atoms with Gasteiger partial charge in [-0.05, 0) is 18.8 Å². The summed E-state index contributed by atoms with van der Waals surface area (Å²) in [6.07, 6.45) is 4.71. The predicted molar refractivity (Wildman–Crippen MR) is 76.2 cm³/mol.